The molecule has 3 aromatic rings. The average molecular weight is 258 g/mol. The van der Waals surface area contributed by atoms with E-state index in [1.807, 2.05) is 0 Å². The van der Waals surface area contributed by atoms with Gasteiger partial charge < -0.3 is 19.4 Å². The molecule has 0 saturated carbocycles. The lowest BCUT2D eigenvalue weighted by Gasteiger charge is -2.07. The Morgan fingerprint density at radius 1 is 1.11 bits per heavy atom. The van der Waals surface area contributed by atoms with Gasteiger partial charge in [-0.3, -0.25) is 0 Å². The zero-order valence-electron chi connectivity index (χ0n) is 10.0. The van der Waals surface area contributed by atoms with Crippen LogP contribution in [0.5, 0.6) is 17.2 Å². The Morgan fingerprint density at radius 2 is 1.89 bits per heavy atom. The summed E-state index contributed by atoms with van der Waals surface area (Å²) in [6.07, 6.45) is 0. The van der Waals surface area contributed by atoms with E-state index in [4.69, 9.17) is 9.15 Å². The summed E-state index contributed by atoms with van der Waals surface area (Å²) in [5, 5.41) is 20.6. The molecule has 0 aliphatic carbocycles. The highest BCUT2D eigenvalue weighted by molar-refractivity contribution is 6.08. The van der Waals surface area contributed by atoms with Crippen LogP contribution in [0.25, 0.3) is 21.7 Å². The van der Waals surface area contributed by atoms with Gasteiger partial charge in [-0.05, 0) is 18.2 Å². The molecule has 2 aromatic carbocycles. The highest BCUT2D eigenvalue weighted by Gasteiger charge is 2.13. The quantitative estimate of drug-likeness (QED) is 0.517. The van der Waals surface area contributed by atoms with Gasteiger partial charge in [0.25, 0.3) is 0 Å². The molecule has 0 aliphatic rings. The minimum Gasteiger partial charge on any atom is -0.508 e. The fourth-order valence-electron chi connectivity index (χ4n) is 2.12. The molecule has 19 heavy (non-hydrogen) atoms. The summed E-state index contributed by atoms with van der Waals surface area (Å²) >= 11 is 0. The van der Waals surface area contributed by atoms with E-state index in [1.165, 1.54) is 31.4 Å². The summed E-state index contributed by atoms with van der Waals surface area (Å²) in [4.78, 5) is 11.9. The number of ether oxygens (including phenoxy) is 1. The van der Waals surface area contributed by atoms with E-state index in [-0.39, 0.29) is 22.5 Å². The lowest BCUT2D eigenvalue weighted by Crippen LogP contribution is -2.00. The Kier molecular flexibility index (Phi) is 2.35. The third kappa shape index (κ3) is 1.67. The molecule has 0 bridgehead atoms. The van der Waals surface area contributed by atoms with Crippen molar-refractivity contribution in [1.82, 2.24) is 0 Å². The summed E-state index contributed by atoms with van der Waals surface area (Å²) in [7, 11) is 1.45. The van der Waals surface area contributed by atoms with Gasteiger partial charge in [-0.1, -0.05) is 0 Å². The molecule has 0 saturated heterocycles. The van der Waals surface area contributed by atoms with Crippen LogP contribution in [-0.4, -0.2) is 17.3 Å². The number of fused-ring (bicyclic) bond motifs is 3. The van der Waals surface area contributed by atoms with E-state index < -0.39 is 5.63 Å². The molecule has 0 fully saturated rings. The van der Waals surface area contributed by atoms with Crippen LogP contribution in [0.2, 0.25) is 0 Å². The van der Waals surface area contributed by atoms with E-state index in [9.17, 15) is 15.0 Å². The Bertz CT molecular complexity index is 848. The Hall–Kier alpha value is -2.69. The average Bonchev–Trinajstić information content (AvgIpc) is 2.38. The first-order chi connectivity index (χ1) is 9.10. The van der Waals surface area contributed by atoms with Crippen molar-refractivity contribution in [3.63, 3.8) is 0 Å². The van der Waals surface area contributed by atoms with Crippen LogP contribution >= 0.6 is 0 Å². The third-order valence-electron chi connectivity index (χ3n) is 2.98. The van der Waals surface area contributed by atoms with Crippen LogP contribution in [0.1, 0.15) is 0 Å². The highest BCUT2D eigenvalue weighted by Crippen LogP contribution is 2.34. The van der Waals surface area contributed by atoms with Crippen molar-refractivity contribution in [2.75, 3.05) is 7.11 Å². The van der Waals surface area contributed by atoms with Crippen LogP contribution in [0.4, 0.5) is 0 Å². The molecule has 2 N–H and O–H groups in total. The predicted molar refractivity (Wildman–Crippen MR) is 69.9 cm³/mol. The van der Waals surface area contributed by atoms with Crippen molar-refractivity contribution in [3.8, 4) is 17.2 Å². The van der Waals surface area contributed by atoms with E-state index in [1.54, 1.807) is 6.07 Å². The lowest BCUT2D eigenvalue weighted by molar-refractivity contribution is 0.409. The second-order valence-electron chi connectivity index (χ2n) is 4.14. The van der Waals surface area contributed by atoms with Gasteiger partial charge in [0.05, 0.1) is 12.5 Å². The number of benzene rings is 2. The summed E-state index contributed by atoms with van der Waals surface area (Å²) in [6, 6.07) is 7.31. The van der Waals surface area contributed by atoms with Crippen LogP contribution < -0.4 is 10.4 Å². The van der Waals surface area contributed by atoms with Gasteiger partial charge >= 0.3 is 5.63 Å². The highest BCUT2D eigenvalue weighted by atomic mass is 16.5. The number of methoxy groups -OCH3 is 1. The number of aromatic hydroxyl groups is 2. The van der Waals surface area contributed by atoms with Crippen molar-refractivity contribution < 1.29 is 19.4 Å². The summed E-state index contributed by atoms with van der Waals surface area (Å²) in [5.74, 6) is 0.288. The molecular weight excluding hydrogens is 248 g/mol. The predicted octanol–water partition coefficient (Wildman–Crippen LogP) is 2.37. The van der Waals surface area contributed by atoms with E-state index in [0.717, 1.165) is 0 Å². The largest absolute Gasteiger partial charge is 0.508 e. The molecule has 5 nitrogen and oxygen atoms in total. The molecule has 96 valence electrons. The van der Waals surface area contributed by atoms with Crippen molar-refractivity contribution in [3.05, 3.63) is 40.8 Å². The third-order valence-corrected chi connectivity index (χ3v) is 2.98. The normalized spacial score (nSPS) is 11.0. The van der Waals surface area contributed by atoms with Crippen molar-refractivity contribution in [1.29, 1.82) is 0 Å². The molecule has 0 aliphatic heterocycles. The maximum atomic E-state index is 11.9. The minimum atomic E-state index is -0.595. The van der Waals surface area contributed by atoms with Gasteiger partial charge in [-0.15, -0.1) is 0 Å². The second kappa shape index (κ2) is 3.91. The number of phenols is 2. The maximum Gasteiger partial charge on any atom is 0.344 e. The molecule has 0 amide bonds. The summed E-state index contributed by atoms with van der Waals surface area (Å²) in [6.45, 7) is 0. The van der Waals surface area contributed by atoms with Crippen LogP contribution in [0, 0.1) is 0 Å². The fourth-order valence-corrected chi connectivity index (χ4v) is 2.12. The minimum absolute atomic E-state index is 0.0111. The van der Waals surface area contributed by atoms with E-state index in [0.29, 0.717) is 16.5 Å². The molecule has 0 radical (unpaired) electrons. The monoisotopic (exact) mass is 258 g/mol. The maximum absolute atomic E-state index is 11.9. The van der Waals surface area contributed by atoms with Gasteiger partial charge in [0, 0.05) is 22.9 Å². The topological polar surface area (TPSA) is 79.9 Å². The first-order valence-electron chi connectivity index (χ1n) is 5.56. The van der Waals surface area contributed by atoms with Crippen LogP contribution in [0.3, 0.4) is 0 Å². The first-order valence-corrected chi connectivity index (χ1v) is 5.56. The smallest absolute Gasteiger partial charge is 0.344 e. The van der Waals surface area contributed by atoms with Gasteiger partial charge in [0.15, 0.2) is 0 Å². The van der Waals surface area contributed by atoms with Crippen LogP contribution in [-0.2, 0) is 0 Å². The van der Waals surface area contributed by atoms with Gasteiger partial charge in [-0.2, -0.15) is 0 Å². The van der Waals surface area contributed by atoms with Crippen LogP contribution in [0.15, 0.2) is 39.5 Å². The Morgan fingerprint density at radius 3 is 2.63 bits per heavy atom. The Balaban J connectivity index is 2.57. The lowest BCUT2D eigenvalue weighted by atomic mass is 10.1. The number of hydrogen-bond donors (Lipinski definition) is 2. The molecule has 0 atom stereocenters. The van der Waals surface area contributed by atoms with Gasteiger partial charge in [0.2, 0.25) is 0 Å². The van der Waals surface area contributed by atoms with E-state index >= 15 is 0 Å². The van der Waals surface area contributed by atoms with Crippen molar-refractivity contribution in [2.45, 2.75) is 0 Å². The number of rotatable bonds is 1. The van der Waals surface area contributed by atoms with Crippen molar-refractivity contribution >= 4 is 21.7 Å². The number of phenolic OH excluding ortho intramolecular Hbond substituents is 2. The van der Waals surface area contributed by atoms with Gasteiger partial charge in [0.1, 0.15) is 22.8 Å². The molecule has 1 aromatic heterocycles. The molecule has 0 unspecified atom stereocenters. The van der Waals surface area contributed by atoms with Crippen molar-refractivity contribution in [2.24, 2.45) is 0 Å². The molecular formula is C14H10O5. The Labute approximate surface area is 107 Å². The van der Waals surface area contributed by atoms with E-state index in [2.05, 4.69) is 0 Å². The zero-order chi connectivity index (χ0) is 13.6. The molecule has 5 heteroatoms. The second-order valence-corrected chi connectivity index (χ2v) is 4.14. The number of hydrogen-bond acceptors (Lipinski definition) is 5. The zero-order valence-corrected chi connectivity index (χ0v) is 10.0. The molecule has 1 heterocycles. The summed E-state index contributed by atoms with van der Waals surface area (Å²) in [5.41, 5.74) is -0.375. The first kappa shape index (κ1) is 11.4. The fraction of sp³-hybridized carbons (Fsp3) is 0.0714. The standard InChI is InChI=1S/C14H10O5/c1-18-8-5-10-13(11(16)6-8)9-3-2-7(15)4-12(9)19-14(10)17/h2-6,15-16H,1H3. The molecule has 0 spiro atoms. The van der Waals surface area contributed by atoms with Gasteiger partial charge in [-0.25, -0.2) is 4.79 Å². The molecule has 3 rings (SSSR count). The SMILES string of the molecule is COc1cc(O)c2c(c1)c(=O)oc1cc(O)ccc12. The summed E-state index contributed by atoms with van der Waals surface area (Å²) < 4.78 is 10.1.